The Labute approximate surface area is 120 Å². The summed E-state index contributed by atoms with van der Waals surface area (Å²) in [6.45, 7) is 0. The highest BCUT2D eigenvalue weighted by Crippen LogP contribution is 2.35. The Kier molecular flexibility index (Phi) is 3.16. The molecule has 0 aliphatic carbocycles. The summed E-state index contributed by atoms with van der Waals surface area (Å²) >= 11 is 0. The number of hydrogen-bond donors (Lipinski definition) is 2. The molecule has 3 rings (SSSR count). The minimum Gasteiger partial charge on any atom is -0.507 e. The van der Waals surface area contributed by atoms with E-state index in [0.29, 0.717) is 22.0 Å². The van der Waals surface area contributed by atoms with Crippen LogP contribution in [-0.2, 0) is 0 Å². The third kappa shape index (κ3) is 2.36. The fourth-order valence-electron chi connectivity index (χ4n) is 2.23. The van der Waals surface area contributed by atoms with Crippen LogP contribution in [-0.4, -0.2) is 21.4 Å². The standard InChI is InChI=1S/C16H11NO4/c18-13-8-4-3-7-12(13)15-11-6-2-1-5-10(11)14(9-17-15)21-16(19)20/h1-9,18H,(H,19,20). The van der Waals surface area contributed by atoms with Gasteiger partial charge in [0.05, 0.1) is 11.9 Å². The zero-order valence-electron chi connectivity index (χ0n) is 10.9. The van der Waals surface area contributed by atoms with Crippen LogP contribution in [0.3, 0.4) is 0 Å². The molecule has 0 saturated carbocycles. The van der Waals surface area contributed by atoms with Crippen LogP contribution in [0, 0.1) is 0 Å². The lowest BCUT2D eigenvalue weighted by Gasteiger charge is -2.10. The Hall–Kier alpha value is -3.08. The molecule has 21 heavy (non-hydrogen) atoms. The van der Waals surface area contributed by atoms with Gasteiger partial charge in [-0.05, 0) is 12.1 Å². The van der Waals surface area contributed by atoms with Crippen LogP contribution in [0.1, 0.15) is 0 Å². The zero-order chi connectivity index (χ0) is 14.8. The van der Waals surface area contributed by atoms with E-state index in [4.69, 9.17) is 9.84 Å². The Morgan fingerprint density at radius 2 is 1.67 bits per heavy atom. The molecular weight excluding hydrogens is 270 g/mol. The van der Waals surface area contributed by atoms with E-state index in [1.165, 1.54) is 6.20 Å². The number of aromatic nitrogens is 1. The number of nitrogens with zero attached hydrogens (tertiary/aromatic N) is 1. The molecule has 0 radical (unpaired) electrons. The molecule has 5 heteroatoms. The van der Waals surface area contributed by atoms with E-state index in [0.717, 1.165) is 0 Å². The summed E-state index contributed by atoms with van der Waals surface area (Å²) in [4.78, 5) is 15.0. The highest BCUT2D eigenvalue weighted by atomic mass is 16.7. The van der Waals surface area contributed by atoms with Crippen LogP contribution < -0.4 is 4.74 Å². The maximum absolute atomic E-state index is 10.7. The predicted molar refractivity (Wildman–Crippen MR) is 77.5 cm³/mol. The molecule has 2 N–H and O–H groups in total. The molecule has 0 atom stereocenters. The number of rotatable bonds is 2. The third-order valence-electron chi connectivity index (χ3n) is 3.11. The Morgan fingerprint density at radius 1 is 1.00 bits per heavy atom. The minimum atomic E-state index is -1.39. The second kappa shape index (κ2) is 5.13. The van der Waals surface area contributed by atoms with Crippen molar-refractivity contribution in [1.29, 1.82) is 0 Å². The van der Waals surface area contributed by atoms with Gasteiger partial charge in [-0.1, -0.05) is 36.4 Å². The van der Waals surface area contributed by atoms with Crippen LogP contribution in [0.2, 0.25) is 0 Å². The monoisotopic (exact) mass is 281 g/mol. The van der Waals surface area contributed by atoms with Crippen LogP contribution in [0.4, 0.5) is 4.79 Å². The lowest BCUT2D eigenvalue weighted by atomic mass is 10.0. The molecule has 5 nitrogen and oxygen atoms in total. The number of para-hydroxylation sites is 1. The molecule has 1 heterocycles. The van der Waals surface area contributed by atoms with Crippen molar-refractivity contribution in [3.8, 4) is 22.8 Å². The summed E-state index contributed by atoms with van der Waals surface area (Å²) in [6.07, 6.45) is -0.0460. The van der Waals surface area contributed by atoms with Gasteiger partial charge < -0.3 is 14.9 Å². The number of pyridine rings is 1. The van der Waals surface area contributed by atoms with Gasteiger partial charge in [-0.25, -0.2) is 4.79 Å². The quantitative estimate of drug-likeness (QED) is 0.701. The summed E-state index contributed by atoms with van der Waals surface area (Å²) in [7, 11) is 0. The summed E-state index contributed by atoms with van der Waals surface area (Å²) in [6, 6.07) is 14.0. The Bertz CT molecular complexity index is 829. The van der Waals surface area contributed by atoms with Crippen molar-refractivity contribution in [3.63, 3.8) is 0 Å². The smallest absolute Gasteiger partial charge is 0.507 e. The molecule has 0 aliphatic rings. The van der Waals surface area contributed by atoms with Crippen molar-refractivity contribution in [2.75, 3.05) is 0 Å². The van der Waals surface area contributed by atoms with E-state index in [9.17, 15) is 9.90 Å². The van der Waals surface area contributed by atoms with Crippen molar-refractivity contribution < 1.29 is 19.7 Å². The number of ether oxygens (including phenoxy) is 1. The highest BCUT2D eigenvalue weighted by molar-refractivity contribution is 5.99. The first-order chi connectivity index (χ1) is 10.2. The summed E-state index contributed by atoms with van der Waals surface area (Å²) in [5.74, 6) is 0.277. The number of carboxylic acid groups (broad SMARTS) is 1. The van der Waals surface area contributed by atoms with E-state index in [1.807, 2.05) is 6.07 Å². The number of aromatic hydroxyl groups is 1. The fourth-order valence-corrected chi connectivity index (χ4v) is 2.23. The molecule has 104 valence electrons. The third-order valence-corrected chi connectivity index (χ3v) is 3.11. The van der Waals surface area contributed by atoms with Gasteiger partial charge in [-0.15, -0.1) is 0 Å². The van der Waals surface area contributed by atoms with Gasteiger partial charge in [0, 0.05) is 16.3 Å². The molecule has 0 bridgehead atoms. The van der Waals surface area contributed by atoms with Gasteiger partial charge in [-0.3, -0.25) is 4.98 Å². The summed E-state index contributed by atoms with van der Waals surface area (Å²) in [5.41, 5.74) is 1.15. The van der Waals surface area contributed by atoms with Gasteiger partial charge in [-0.2, -0.15) is 0 Å². The first-order valence-corrected chi connectivity index (χ1v) is 6.23. The van der Waals surface area contributed by atoms with E-state index in [-0.39, 0.29) is 11.5 Å². The molecule has 0 spiro atoms. The molecule has 1 aromatic heterocycles. The number of hydrogen-bond acceptors (Lipinski definition) is 4. The lowest BCUT2D eigenvalue weighted by Crippen LogP contribution is -2.04. The molecule has 0 saturated heterocycles. The topological polar surface area (TPSA) is 79.7 Å². The zero-order valence-corrected chi connectivity index (χ0v) is 10.9. The van der Waals surface area contributed by atoms with E-state index >= 15 is 0 Å². The number of fused-ring (bicyclic) bond motifs is 1. The fraction of sp³-hybridized carbons (Fsp3) is 0. The van der Waals surface area contributed by atoms with Gasteiger partial charge in [0.2, 0.25) is 0 Å². The largest absolute Gasteiger partial charge is 0.511 e. The molecule has 3 aromatic rings. The van der Waals surface area contributed by atoms with Crippen molar-refractivity contribution in [2.45, 2.75) is 0 Å². The average molecular weight is 281 g/mol. The predicted octanol–water partition coefficient (Wildman–Crippen LogP) is 3.66. The highest BCUT2D eigenvalue weighted by Gasteiger charge is 2.14. The molecular formula is C16H11NO4. The van der Waals surface area contributed by atoms with Crippen molar-refractivity contribution >= 4 is 16.9 Å². The molecule has 0 unspecified atom stereocenters. The van der Waals surface area contributed by atoms with E-state index < -0.39 is 6.16 Å². The van der Waals surface area contributed by atoms with Gasteiger partial charge in [0.1, 0.15) is 5.75 Å². The van der Waals surface area contributed by atoms with Crippen molar-refractivity contribution in [2.24, 2.45) is 0 Å². The molecule has 2 aromatic carbocycles. The number of phenolic OH excluding ortho intramolecular Hbond substituents is 1. The first kappa shape index (κ1) is 12.9. The second-order valence-corrected chi connectivity index (χ2v) is 4.40. The number of phenols is 1. The average Bonchev–Trinajstić information content (AvgIpc) is 2.48. The maximum Gasteiger partial charge on any atom is 0.511 e. The SMILES string of the molecule is O=C(O)Oc1cnc(-c2ccccc2O)c2ccccc12. The summed E-state index contributed by atoms with van der Waals surface area (Å²) < 4.78 is 4.74. The van der Waals surface area contributed by atoms with Crippen LogP contribution in [0.5, 0.6) is 11.5 Å². The van der Waals surface area contributed by atoms with Gasteiger partial charge in [0.15, 0.2) is 5.75 Å². The molecule has 0 amide bonds. The van der Waals surface area contributed by atoms with E-state index in [1.54, 1.807) is 42.5 Å². The maximum atomic E-state index is 10.7. The second-order valence-electron chi connectivity index (χ2n) is 4.40. The first-order valence-electron chi connectivity index (χ1n) is 6.23. The van der Waals surface area contributed by atoms with Gasteiger partial charge in [0.25, 0.3) is 0 Å². The molecule has 0 aliphatic heterocycles. The Balaban J connectivity index is 2.27. The van der Waals surface area contributed by atoms with Crippen LogP contribution in [0.25, 0.3) is 22.0 Å². The van der Waals surface area contributed by atoms with Crippen molar-refractivity contribution in [1.82, 2.24) is 4.98 Å². The Morgan fingerprint density at radius 3 is 2.38 bits per heavy atom. The number of benzene rings is 2. The van der Waals surface area contributed by atoms with Crippen LogP contribution in [0.15, 0.2) is 54.7 Å². The molecule has 0 fully saturated rings. The van der Waals surface area contributed by atoms with Crippen molar-refractivity contribution in [3.05, 3.63) is 54.7 Å². The van der Waals surface area contributed by atoms with Crippen LogP contribution >= 0.6 is 0 Å². The minimum absolute atomic E-state index is 0.113. The number of carbonyl (C=O) groups is 1. The summed E-state index contributed by atoms with van der Waals surface area (Å²) in [5, 5.41) is 20.1. The normalized spacial score (nSPS) is 10.5. The van der Waals surface area contributed by atoms with E-state index in [2.05, 4.69) is 4.98 Å². The lowest BCUT2D eigenvalue weighted by molar-refractivity contribution is 0.145. The van der Waals surface area contributed by atoms with Gasteiger partial charge >= 0.3 is 6.16 Å².